The van der Waals surface area contributed by atoms with Crippen molar-refractivity contribution in [3.05, 3.63) is 12.2 Å². The standard InChI is InChI=1S/C58H115NO4/c1-3-5-7-9-11-13-15-17-19-21-22-23-24-25-26-27-28-29-30-31-32-33-34-35-37-39-41-43-45-47-49-51-53-57(62)58(63)59-55(54-60)56(61)52-50-48-46-44-42-40-38-36-20-18-16-14-12-10-8-6-4-2/h25-26,55-57,60-62H,3-24,27-54H2,1-2H3,(H,59,63)/b26-25-. The second-order valence-electron chi connectivity index (χ2n) is 20.2. The van der Waals surface area contributed by atoms with Crippen LogP contribution in [0.2, 0.25) is 0 Å². The van der Waals surface area contributed by atoms with Gasteiger partial charge in [0.25, 0.3) is 0 Å². The molecule has 0 aliphatic rings. The topological polar surface area (TPSA) is 89.8 Å². The maximum Gasteiger partial charge on any atom is 0.249 e. The van der Waals surface area contributed by atoms with E-state index in [2.05, 4.69) is 31.3 Å². The van der Waals surface area contributed by atoms with Gasteiger partial charge in [-0.3, -0.25) is 4.79 Å². The first-order valence-corrected chi connectivity index (χ1v) is 29.0. The van der Waals surface area contributed by atoms with E-state index in [1.165, 1.54) is 270 Å². The van der Waals surface area contributed by atoms with Crippen LogP contribution in [0.1, 0.15) is 328 Å². The summed E-state index contributed by atoms with van der Waals surface area (Å²) in [5.41, 5.74) is 0. The third-order valence-corrected chi connectivity index (χ3v) is 13.9. The van der Waals surface area contributed by atoms with Crippen LogP contribution in [0.25, 0.3) is 0 Å². The van der Waals surface area contributed by atoms with Crippen molar-refractivity contribution in [3.63, 3.8) is 0 Å². The average Bonchev–Trinajstić information content (AvgIpc) is 3.29. The minimum atomic E-state index is -1.07. The van der Waals surface area contributed by atoms with Gasteiger partial charge in [-0.15, -0.1) is 0 Å². The van der Waals surface area contributed by atoms with Crippen molar-refractivity contribution in [2.24, 2.45) is 0 Å². The zero-order valence-corrected chi connectivity index (χ0v) is 43.0. The molecule has 3 unspecified atom stereocenters. The lowest BCUT2D eigenvalue weighted by molar-refractivity contribution is -0.131. The third kappa shape index (κ3) is 48.8. The number of aliphatic hydroxyl groups excluding tert-OH is 3. The van der Waals surface area contributed by atoms with E-state index in [0.717, 1.165) is 32.1 Å². The van der Waals surface area contributed by atoms with Gasteiger partial charge in [0.05, 0.1) is 18.8 Å². The molecular formula is C58H115NO4. The van der Waals surface area contributed by atoms with Crippen LogP contribution >= 0.6 is 0 Å². The van der Waals surface area contributed by atoms with Gasteiger partial charge in [-0.25, -0.2) is 0 Å². The zero-order valence-electron chi connectivity index (χ0n) is 43.0. The van der Waals surface area contributed by atoms with Crippen molar-refractivity contribution >= 4 is 5.91 Å². The molecule has 0 heterocycles. The minimum Gasteiger partial charge on any atom is -0.394 e. The molecule has 0 aliphatic carbocycles. The molecule has 0 fully saturated rings. The van der Waals surface area contributed by atoms with Crippen LogP contribution in [0, 0.1) is 0 Å². The predicted octanol–water partition coefficient (Wildman–Crippen LogP) is 17.9. The van der Waals surface area contributed by atoms with E-state index in [4.69, 9.17) is 0 Å². The summed E-state index contributed by atoms with van der Waals surface area (Å²) >= 11 is 0. The van der Waals surface area contributed by atoms with Crippen LogP contribution in [-0.2, 0) is 4.79 Å². The maximum atomic E-state index is 12.6. The minimum absolute atomic E-state index is 0.309. The Morgan fingerprint density at radius 3 is 0.873 bits per heavy atom. The number of unbranched alkanes of at least 4 members (excludes halogenated alkanes) is 44. The van der Waals surface area contributed by atoms with E-state index < -0.39 is 24.2 Å². The quantitative estimate of drug-likeness (QED) is 0.0362. The molecule has 0 aliphatic heterocycles. The summed E-state index contributed by atoms with van der Waals surface area (Å²) in [6.07, 6.45) is 67.0. The molecule has 0 aromatic rings. The number of rotatable bonds is 54. The molecule has 63 heavy (non-hydrogen) atoms. The van der Waals surface area contributed by atoms with Crippen molar-refractivity contribution in [2.75, 3.05) is 6.61 Å². The molecule has 0 radical (unpaired) electrons. The fourth-order valence-corrected chi connectivity index (χ4v) is 9.37. The molecule has 0 spiro atoms. The first-order valence-electron chi connectivity index (χ1n) is 29.0. The van der Waals surface area contributed by atoms with Crippen molar-refractivity contribution in [1.29, 1.82) is 0 Å². The van der Waals surface area contributed by atoms with E-state index in [1.54, 1.807) is 0 Å². The Balaban J connectivity index is 3.47. The molecule has 0 rings (SSSR count). The van der Waals surface area contributed by atoms with Crippen LogP contribution < -0.4 is 5.32 Å². The summed E-state index contributed by atoms with van der Waals surface area (Å²) in [6.45, 7) is 4.27. The molecule has 0 aromatic carbocycles. The van der Waals surface area contributed by atoms with Gasteiger partial charge >= 0.3 is 0 Å². The molecule has 4 N–H and O–H groups in total. The van der Waals surface area contributed by atoms with Gasteiger partial charge in [-0.1, -0.05) is 302 Å². The predicted molar refractivity (Wildman–Crippen MR) is 278 cm³/mol. The lowest BCUT2D eigenvalue weighted by Crippen LogP contribution is -2.49. The third-order valence-electron chi connectivity index (χ3n) is 13.9. The monoisotopic (exact) mass is 890 g/mol. The Labute approximate surface area is 395 Å². The highest BCUT2D eigenvalue weighted by molar-refractivity contribution is 5.80. The van der Waals surface area contributed by atoms with E-state index in [0.29, 0.717) is 12.8 Å². The molecule has 3 atom stereocenters. The van der Waals surface area contributed by atoms with Crippen LogP contribution in [0.5, 0.6) is 0 Å². The Morgan fingerprint density at radius 1 is 0.365 bits per heavy atom. The van der Waals surface area contributed by atoms with Gasteiger partial charge < -0.3 is 20.6 Å². The fraction of sp³-hybridized carbons (Fsp3) is 0.948. The number of carbonyl (C=O) groups is 1. The molecule has 5 heteroatoms. The van der Waals surface area contributed by atoms with Gasteiger partial charge in [0, 0.05) is 0 Å². The van der Waals surface area contributed by atoms with Crippen LogP contribution in [-0.4, -0.2) is 46.1 Å². The lowest BCUT2D eigenvalue weighted by atomic mass is 10.0. The zero-order chi connectivity index (χ0) is 45.8. The van der Waals surface area contributed by atoms with E-state index in [1.807, 2.05) is 0 Å². The van der Waals surface area contributed by atoms with E-state index in [-0.39, 0.29) is 6.61 Å². The molecule has 0 bridgehead atoms. The summed E-state index contributed by atoms with van der Waals surface area (Å²) < 4.78 is 0. The fourth-order valence-electron chi connectivity index (χ4n) is 9.37. The van der Waals surface area contributed by atoms with E-state index >= 15 is 0 Å². The van der Waals surface area contributed by atoms with Crippen molar-refractivity contribution in [1.82, 2.24) is 5.32 Å². The number of hydrogen-bond donors (Lipinski definition) is 4. The Hall–Kier alpha value is -0.910. The second-order valence-corrected chi connectivity index (χ2v) is 20.2. The van der Waals surface area contributed by atoms with Crippen LogP contribution in [0.15, 0.2) is 12.2 Å². The molecular weight excluding hydrogens is 775 g/mol. The number of hydrogen-bond acceptors (Lipinski definition) is 4. The number of aliphatic hydroxyl groups is 3. The first-order chi connectivity index (χ1) is 31.1. The summed E-state index contributed by atoms with van der Waals surface area (Å²) in [7, 11) is 0. The van der Waals surface area contributed by atoms with Crippen molar-refractivity contribution < 1.29 is 20.1 Å². The molecule has 5 nitrogen and oxygen atoms in total. The summed E-state index contributed by atoms with van der Waals surface area (Å²) in [6, 6.07) is -0.709. The van der Waals surface area contributed by atoms with Crippen LogP contribution in [0.3, 0.4) is 0 Å². The van der Waals surface area contributed by atoms with Gasteiger partial charge in [0.2, 0.25) is 5.91 Å². The number of allylic oxidation sites excluding steroid dienone is 2. The molecule has 0 saturated heterocycles. The normalized spacial score (nSPS) is 13.3. The maximum absolute atomic E-state index is 12.6. The molecule has 376 valence electrons. The second kappa shape index (κ2) is 53.7. The smallest absolute Gasteiger partial charge is 0.249 e. The van der Waals surface area contributed by atoms with Gasteiger partial charge in [-0.05, 0) is 38.5 Å². The number of amides is 1. The SMILES string of the molecule is CCCCCCCCCCCCCC/C=C\CCCCCCCCCCCCCCCCCCC(O)C(=O)NC(CO)C(O)CCCCCCCCCCCCCCCCCCC. The van der Waals surface area contributed by atoms with Crippen molar-refractivity contribution in [2.45, 2.75) is 347 Å². The highest BCUT2D eigenvalue weighted by Crippen LogP contribution is 2.18. The summed E-state index contributed by atoms with van der Waals surface area (Å²) in [4.78, 5) is 12.6. The summed E-state index contributed by atoms with van der Waals surface area (Å²) in [5.74, 6) is -0.464. The van der Waals surface area contributed by atoms with Gasteiger partial charge in [0.15, 0.2) is 0 Å². The van der Waals surface area contributed by atoms with Crippen LogP contribution in [0.4, 0.5) is 0 Å². The van der Waals surface area contributed by atoms with Crippen molar-refractivity contribution in [3.8, 4) is 0 Å². The van der Waals surface area contributed by atoms with Gasteiger partial charge in [-0.2, -0.15) is 0 Å². The Morgan fingerprint density at radius 2 is 0.603 bits per heavy atom. The first kappa shape index (κ1) is 62.1. The number of nitrogens with one attached hydrogen (secondary N) is 1. The van der Waals surface area contributed by atoms with E-state index in [9.17, 15) is 20.1 Å². The number of carbonyl (C=O) groups excluding carboxylic acids is 1. The molecule has 0 aromatic heterocycles. The summed E-state index contributed by atoms with van der Waals surface area (Å²) in [5, 5.41) is 33.5. The molecule has 0 saturated carbocycles. The highest BCUT2D eigenvalue weighted by Gasteiger charge is 2.23. The lowest BCUT2D eigenvalue weighted by Gasteiger charge is -2.23. The Bertz CT molecular complexity index is 894. The average molecular weight is 891 g/mol. The van der Waals surface area contributed by atoms with Gasteiger partial charge in [0.1, 0.15) is 6.10 Å². The highest BCUT2D eigenvalue weighted by atomic mass is 16.3. The largest absolute Gasteiger partial charge is 0.394 e. The Kier molecular flexibility index (Phi) is 52.9. The molecule has 1 amide bonds.